The molecule has 2 heteroatoms. The van der Waals surface area contributed by atoms with Crippen LogP contribution in [0.1, 0.15) is 0 Å². The Morgan fingerprint density at radius 2 is 1.08 bits per heavy atom. The number of benzene rings is 4. The van der Waals surface area contributed by atoms with Crippen LogP contribution in [-0.4, -0.2) is 9.97 Å². The van der Waals surface area contributed by atoms with E-state index in [1.54, 1.807) is 0 Å². The summed E-state index contributed by atoms with van der Waals surface area (Å²) in [5, 5.41) is 7.05. The smallest absolute Gasteiger partial charge is 0.0788 e. The van der Waals surface area contributed by atoms with Crippen molar-refractivity contribution >= 4 is 54.4 Å². The molecule has 2 aromatic heterocycles. The summed E-state index contributed by atoms with van der Waals surface area (Å²) in [4.78, 5) is 9.84. The first-order valence-corrected chi connectivity index (χ1v) is 8.78. The molecular formula is C24H14N2. The maximum atomic E-state index is 5.01. The van der Waals surface area contributed by atoms with Crippen molar-refractivity contribution in [2.75, 3.05) is 0 Å². The van der Waals surface area contributed by atoms with E-state index >= 15 is 0 Å². The second-order valence-electron chi connectivity index (χ2n) is 6.73. The number of nitrogens with zero attached hydrogens (tertiary/aromatic N) is 2. The fourth-order valence-corrected chi connectivity index (χ4v) is 3.90. The Morgan fingerprint density at radius 3 is 1.96 bits per heavy atom. The molecular weight excluding hydrogens is 316 g/mol. The fourth-order valence-electron chi connectivity index (χ4n) is 3.90. The van der Waals surface area contributed by atoms with Gasteiger partial charge in [-0.3, -0.25) is 0 Å². The predicted octanol–water partition coefficient (Wildman–Crippen LogP) is 6.24. The monoisotopic (exact) mass is 330 g/mol. The first-order valence-electron chi connectivity index (χ1n) is 8.78. The summed E-state index contributed by atoms with van der Waals surface area (Å²) >= 11 is 0. The number of aromatic nitrogens is 2. The summed E-state index contributed by atoms with van der Waals surface area (Å²) in [5.74, 6) is 0. The standard InChI is InChI=1S/C24H14N2/c1-3-7-18-15(5-1)9-10-17-14-20-19-13-16-6-2-4-8-21(16)25-22(19)11-12-23(20)26-24(17)18/h1-14H. The van der Waals surface area contributed by atoms with Crippen LogP contribution in [0.2, 0.25) is 0 Å². The Kier molecular flexibility index (Phi) is 2.64. The molecule has 0 spiro atoms. The Labute approximate surface area is 149 Å². The van der Waals surface area contributed by atoms with E-state index < -0.39 is 0 Å². The lowest BCUT2D eigenvalue weighted by molar-refractivity contribution is 1.48. The number of hydrogen-bond acceptors (Lipinski definition) is 2. The van der Waals surface area contributed by atoms with Crippen LogP contribution in [0.3, 0.4) is 0 Å². The average Bonchev–Trinajstić information content (AvgIpc) is 2.71. The van der Waals surface area contributed by atoms with Crippen LogP contribution in [0.25, 0.3) is 54.4 Å². The van der Waals surface area contributed by atoms with Gasteiger partial charge in [-0.15, -0.1) is 0 Å². The molecule has 0 saturated carbocycles. The molecule has 26 heavy (non-hydrogen) atoms. The van der Waals surface area contributed by atoms with Crippen LogP contribution in [0, 0.1) is 0 Å². The van der Waals surface area contributed by atoms with Gasteiger partial charge in [0, 0.05) is 26.9 Å². The van der Waals surface area contributed by atoms with E-state index in [1.807, 2.05) is 6.07 Å². The quantitative estimate of drug-likeness (QED) is 0.243. The third-order valence-electron chi connectivity index (χ3n) is 5.18. The van der Waals surface area contributed by atoms with Crippen molar-refractivity contribution < 1.29 is 0 Å². The van der Waals surface area contributed by atoms with Crippen LogP contribution in [-0.2, 0) is 0 Å². The van der Waals surface area contributed by atoms with Crippen LogP contribution < -0.4 is 0 Å². The van der Waals surface area contributed by atoms with E-state index in [1.165, 1.54) is 10.8 Å². The minimum Gasteiger partial charge on any atom is -0.248 e. The van der Waals surface area contributed by atoms with Crippen LogP contribution in [0.4, 0.5) is 0 Å². The van der Waals surface area contributed by atoms with Crippen LogP contribution in [0.15, 0.2) is 84.9 Å². The topological polar surface area (TPSA) is 25.8 Å². The van der Waals surface area contributed by atoms with Gasteiger partial charge in [0.25, 0.3) is 0 Å². The van der Waals surface area contributed by atoms with Crippen molar-refractivity contribution in [1.82, 2.24) is 9.97 Å². The highest BCUT2D eigenvalue weighted by atomic mass is 14.7. The molecule has 6 aromatic rings. The first kappa shape index (κ1) is 13.7. The van der Waals surface area contributed by atoms with Gasteiger partial charge in [0.05, 0.1) is 22.1 Å². The van der Waals surface area contributed by atoms with Gasteiger partial charge in [0.2, 0.25) is 0 Å². The average molecular weight is 330 g/mol. The van der Waals surface area contributed by atoms with E-state index in [0.717, 1.165) is 43.6 Å². The summed E-state index contributed by atoms with van der Waals surface area (Å²) in [6.45, 7) is 0. The molecule has 2 heterocycles. The van der Waals surface area contributed by atoms with E-state index in [0.29, 0.717) is 0 Å². The number of fused-ring (bicyclic) bond motifs is 7. The molecule has 2 nitrogen and oxygen atoms in total. The highest BCUT2D eigenvalue weighted by Crippen LogP contribution is 2.31. The lowest BCUT2D eigenvalue weighted by Gasteiger charge is -2.08. The maximum absolute atomic E-state index is 5.01. The lowest BCUT2D eigenvalue weighted by atomic mass is 10.0. The number of para-hydroxylation sites is 1. The van der Waals surface area contributed by atoms with Gasteiger partial charge in [0.1, 0.15) is 0 Å². The van der Waals surface area contributed by atoms with E-state index in [4.69, 9.17) is 9.97 Å². The zero-order valence-corrected chi connectivity index (χ0v) is 14.0. The minimum absolute atomic E-state index is 1.01. The van der Waals surface area contributed by atoms with Crippen molar-refractivity contribution in [2.24, 2.45) is 0 Å². The molecule has 0 unspecified atom stereocenters. The van der Waals surface area contributed by atoms with E-state index in [9.17, 15) is 0 Å². The SMILES string of the molecule is c1ccc2nc3ccc4nc5c(ccc6ccccc65)cc4c3cc2c1. The van der Waals surface area contributed by atoms with Crippen molar-refractivity contribution in [2.45, 2.75) is 0 Å². The molecule has 120 valence electrons. The predicted molar refractivity (Wildman–Crippen MR) is 110 cm³/mol. The number of rotatable bonds is 0. The zero-order chi connectivity index (χ0) is 17.1. The molecule has 0 amide bonds. The molecule has 0 fully saturated rings. The van der Waals surface area contributed by atoms with Gasteiger partial charge in [-0.2, -0.15) is 0 Å². The van der Waals surface area contributed by atoms with Crippen molar-refractivity contribution in [1.29, 1.82) is 0 Å². The largest absolute Gasteiger partial charge is 0.248 e. The molecule has 6 rings (SSSR count). The second kappa shape index (κ2) is 4.99. The Morgan fingerprint density at radius 1 is 0.423 bits per heavy atom. The Hall–Kier alpha value is -3.52. The summed E-state index contributed by atoms with van der Waals surface area (Å²) in [7, 11) is 0. The van der Waals surface area contributed by atoms with Crippen molar-refractivity contribution in [3.8, 4) is 0 Å². The van der Waals surface area contributed by atoms with Crippen LogP contribution >= 0.6 is 0 Å². The van der Waals surface area contributed by atoms with Gasteiger partial charge in [-0.25, -0.2) is 9.97 Å². The van der Waals surface area contributed by atoms with Gasteiger partial charge in [-0.05, 0) is 35.7 Å². The highest BCUT2D eigenvalue weighted by Gasteiger charge is 2.08. The molecule has 0 N–H and O–H groups in total. The summed E-state index contributed by atoms with van der Waals surface area (Å²) < 4.78 is 0. The third kappa shape index (κ3) is 1.87. The minimum atomic E-state index is 1.01. The molecule has 0 bridgehead atoms. The second-order valence-corrected chi connectivity index (χ2v) is 6.73. The molecule has 0 atom stereocenters. The van der Waals surface area contributed by atoms with Crippen molar-refractivity contribution in [3.05, 3.63) is 84.9 Å². The summed E-state index contributed by atoms with van der Waals surface area (Å²) in [6, 6.07) is 29.7. The zero-order valence-electron chi connectivity index (χ0n) is 14.0. The Balaban J connectivity index is 1.80. The molecule has 0 saturated heterocycles. The summed E-state index contributed by atoms with van der Waals surface area (Å²) in [6.07, 6.45) is 0. The molecule has 4 aromatic carbocycles. The Bertz CT molecular complexity index is 1480. The van der Waals surface area contributed by atoms with E-state index in [2.05, 4.69) is 78.9 Å². The fraction of sp³-hybridized carbons (Fsp3) is 0. The van der Waals surface area contributed by atoms with Gasteiger partial charge >= 0.3 is 0 Å². The number of hydrogen-bond donors (Lipinski definition) is 0. The highest BCUT2D eigenvalue weighted by molar-refractivity contribution is 6.14. The molecule has 0 aliphatic carbocycles. The van der Waals surface area contributed by atoms with Gasteiger partial charge < -0.3 is 0 Å². The molecule has 0 aliphatic heterocycles. The molecule has 0 aliphatic rings. The third-order valence-corrected chi connectivity index (χ3v) is 5.18. The normalized spacial score (nSPS) is 11.8. The van der Waals surface area contributed by atoms with Gasteiger partial charge in [-0.1, -0.05) is 54.6 Å². The lowest BCUT2D eigenvalue weighted by Crippen LogP contribution is -1.88. The van der Waals surface area contributed by atoms with Crippen LogP contribution in [0.5, 0.6) is 0 Å². The number of pyridine rings is 2. The maximum Gasteiger partial charge on any atom is 0.0788 e. The van der Waals surface area contributed by atoms with Gasteiger partial charge in [0.15, 0.2) is 0 Å². The van der Waals surface area contributed by atoms with Crippen molar-refractivity contribution in [3.63, 3.8) is 0 Å². The molecule has 0 radical (unpaired) electrons. The van der Waals surface area contributed by atoms with E-state index in [-0.39, 0.29) is 0 Å². The summed E-state index contributed by atoms with van der Waals surface area (Å²) in [5.41, 5.74) is 4.11. The first-order chi connectivity index (χ1) is 12.9.